The molecule has 1 N–H and O–H groups in total. The van der Waals surface area contributed by atoms with Crippen molar-refractivity contribution in [3.63, 3.8) is 0 Å². The number of methoxy groups -OCH3 is 1. The summed E-state index contributed by atoms with van der Waals surface area (Å²) in [5.41, 5.74) is 4.12. The number of ether oxygens (including phenoxy) is 2. The van der Waals surface area contributed by atoms with E-state index in [0.717, 1.165) is 18.7 Å². The monoisotopic (exact) mass is 401 g/mol. The third kappa shape index (κ3) is 5.98. The van der Waals surface area contributed by atoms with Crippen molar-refractivity contribution in [2.45, 2.75) is 26.6 Å². The van der Waals surface area contributed by atoms with Crippen molar-refractivity contribution in [3.05, 3.63) is 94.8 Å². The van der Waals surface area contributed by atoms with Crippen molar-refractivity contribution in [2.75, 3.05) is 7.11 Å². The van der Waals surface area contributed by atoms with Crippen LogP contribution in [0.15, 0.2) is 66.7 Å². The zero-order chi connectivity index (χ0) is 19.1. The molecule has 0 unspecified atom stereocenters. The SMILES string of the molecule is COc1cc(CNCc2ccc(C)cc2)ccc1OCc1ccccc1F.Cl. The van der Waals surface area contributed by atoms with E-state index in [9.17, 15) is 4.39 Å². The van der Waals surface area contributed by atoms with Gasteiger partial charge in [-0.2, -0.15) is 0 Å². The van der Waals surface area contributed by atoms with Crippen LogP contribution in [0.3, 0.4) is 0 Å². The van der Waals surface area contributed by atoms with Crippen LogP contribution in [-0.2, 0) is 19.7 Å². The number of halogens is 2. The Labute approximate surface area is 171 Å². The van der Waals surface area contributed by atoms with E-state index in [1.54, 1.807) is 25.3 Å². The van der Waals surface area contributed by atoms with Crippen LogP contribution in [0, 0.1) is 12.7 Å². The molecule has 0 amide bonds. The second-order valence-corrected chi connectivity index (χ2v) is 6.45. The van der Waals surface area contributed by atoms with E-state index in [2.05, 4.69) is 36.5 Å². The second kappa shape index (κ2) is 10.7. The Bertz CT molecular complexity index is 884. The molecule has 0 heterocycles. The maximum Gasteiger partial charge on any atom is 0.161 e. The smallest absolute Gasteiger partial charge is 0.161 e. The molecular formula is C23H25ClFNO2. The summed E-state index contributed by atoms with van der Waals surface area (Å²) >= 11 is 0. The Hall–Kier alpha value is -2.56. The predicted octanol–water partition coefficient (Wildman–Crippen LogP) is 5.43. The summed E-state index contributed by atoms with van der Waals surface area (Å²) in [6.07, 6.45) is 0. The highest BCUT2D eigenvalue weighted by Gasteiger charge is 2.08. The second-order valence-electron chi connectivity index (χ2n) is 6.45. The first-order valence-electron chi connectivity index (χ1n) is 8.95. The summed E-state index contributed by atoms with van der Waals surface area (Å²) < 4.78 is 24.9. The fourth-order valence-electron chi connectivity index (χ4n) is 2.77. The molecule has 0 saturated carbocycles. The summed E-state index contributed by atoms with van der Waals surface area (Å²) in [7, 11) is 1.61. The van der Waals surface area contributed by atoms with Crippen LogP contribution < -0.4 is 14.8 Å². The van der Waals surface area contributed by atoms with Crippen LogP contribution in [0.4, 0.5) is 4.39 Å². The topological polar surface area (TPSA) is 30.5 Å². The quantitative estimate of drug-likeness (QED) is 0.545. The molecule has 148 valence electrons. The molecule has 3 aromatic rings. The number of rotatable bonds is 8. The molecule has 28 heavy (non-hydrogen) atoms. The lowest BCUT2D eigenvalue weighted by molar-refractivity contribution is 0.279. The molecule has 0 fully saturated rings. The maximum atomic E-state index is 13.7. The molecule has 0 atom stereocenters. The first-order valence-corrected chi connectivity index (χ1v) is 8.95. The molecule has 5 heteroatoms. The van der Waals surface area contributed by atoms with Crippen LogP contribution in [-0.4, -0.2) is 7.11 Å². The third-order valence-corrected chi connectivity index (χ3v) is 4.35. The van der Waals surface area contributed by atoms with Gasteiger partial charge in [-0.25, -0.2) is 4.39 Å². The normalized spacial score (nSPS) is 10.2. The maximum absolute atomic E-state index is 13.7. The minimum atomic E-state index is -0.270. The predicted molar refractivity (Wildman–Crippen MR) is 113 cm³/mol. The van der Waals surface area contributed by atoms with E-state index >= 15 is 0 Å². The molecule has 3 aromatic carbocycles. The van der Waals surface area contributed by atoms with Gasteiger partial charge in [0.2, 0.25) is 0 Å². The minimum absolute atomic E-state index is 0. The van der Waals surface area contributed by atoms with E-state index in [1.165, 1.54) is 17.2 Å². The molecule has 0 saturated heterocycles. The van der Waals surface area contributed by atoms with Crippen LogP contribution in [0.1, 0.15) is 22.3 Å². The number of nitrogens with one attached hydrogen (secondary N) is 1. The highest BCUT2D eigenvalue weighted by Crippen LogP contribution is 2.29. The Morgan fingerprint density at radius 1 is 0.857 bits per heavy atom. The van der Waals surface area contributed by atoms with Crippen LogP contribution in [0.25, 0.3) is 0 Å². The Morgan fingerprint density at radius 2 is 1.54 bits per heavy atom. The summed E-state index contributed by atoms with van der Waals surface area (Å²) in [5.74, 6) is 0.970. The number of aryl methyl sites for hydroxylation is 1. The van der Waals surface area contributed by atoms with Gasteiger partial charge in [0.1, 0.15) is 12.4 Å². The largest absolute Gasteiger partial charge is 0.493 e. The van der Waals surface area contributed by atoms with Crippen molar-refractivity contribution in [3.8, 4) is 11.5 Å². The van der Waals surface area contributed by atoms with Gasteiger partial charge in [0.05, 0.1) is 7.11 Å². The molecule has 0 aliphatic rings. The van der Waals surface area contributed by atoms with Gasteiger partial charge in [0.15, 0.2) is 11.5 Å². The Balaban J connectivity index is 0.00000280. The highest BCUT2D eigenvalue weighted by molar-refractivity contribution is 5.85. The third-order valence-electron chi connectivity index (χ3n) is 4.35. The lowest BCUT2D eigenvalue weighted by Crippen LogP contribution is -2.12. The van der Waals surface area contributed by atoms with Gasteiger partial charge < -0.3 is 14.8 Å². The molecule has 3 rings (SSSR count). The average Bonchev–Trinajstić information content (AvgIpc) is 2.69. The molecule has 0 radical (unpaired) electrons. The summed E-state index contributed by atoms with van der Waals surface area (Å²) in [5, 5.41) is 3.43. The van der Waals surface area contributed by atoms with E-state index in [4.69, 9.17) is 9.47 Å². The van der Waals surface area contributed by atoms with Crippen molar-refractivity contribution < 1.29 is 13.9 Å². The van der Waals surface area contributed by atoms with Crippen molar-refractivity contribution in [1.29, 1.82) is 0 Å². The van der Waals surface area contributed by atoms with Gasteiger partial charge in [0, 0.05) is 18.7 Å². The molecule has 0 spiro atoms. The Kier molecular flexibility index (Phi) is 8.30. The lowest BCUT2D eigenvalue weighted by atomic mass is 10.1. The van der Waals surface area contributed by atoms with E-state index < -0.39 is 0 Å². The number of hydrogen-bond acceptors (Lipinski definition) is 3. The molecule has 3 nitrogen and oxygen atoms in total. The van der Waals surface area contributed by atoms with Gasteiger partial charge in [-0.1, -0.05) is 54.1 Å². The van der Waals surface area contributed by atoms with Gasteiger partial charge >= 0.3 is 0 Å². The minimum Gasteiger partial charge on any atom is -0.493 e. The lowest BCUT2D eigenvalue weighted by Gasteiger charge is -2.13. The first-order chi connectivity index (χ1) is 13.2. The van der Waals surface area contributed by atoms with Crippen molar-refractivity contribution in [1.82, 2.24) is 5.32 Å². The standard InChI is InChI=1S/C23H24FNO2.ClH/c1-17-7-9-18(10-8-17)14-25-15-19-11-12-22(23(13-19)26-2)27-16-20-5-3-4-6-21(20)24;/h3-13,25H,14-16H2,1-2H3;1H. The fourth-order valence-corrected chi connectivity index (χ4v) is 2.77. The summed E-state index contributed by atoms with van der Waals surface area (Å²) in [4.78, 5) is 0. The first kappa shape index (κ1) is 21.7. The molecule has 0 aliphatic heterocycles. The van der Waals surface area contributed by atoms with E-state index in [-0.39, 0.29) is 24.8 Å². The molecule has 0 bridgehead atoms. The number of hydrogen-bond donors (Lipinski definition) is 1. The van der Waals surface area contributed by atoms with Gasteiger partial charge in [-0.15, -0.1) is 12.4 Å². The summed E-state index contributed by atoms with van der Waals surface area (Å²) in [6, 6.07) is 20.9. The van der Waals surface area contributed by atoms with Crippen LogP contribution in [0.2, 0.25) is 0 Å². The van der Waals surface area contributed by atoms with Crippen molar-refractivity contribution >= 4 is 12.4 Å². The molecule has 0 aliphatic carbocycles. The zero-order valence-corrected chi connectivity index (χ0v) is 16.9. The average molecular weight is 402 g/mol. The van der Waals surface area contributed by atoms with Crippen LogP contribution in [0.5, 0.6) is 11.5 Å². The Morgan fingerprint density at radius 3 is 2.25 bits per heavy atom. The van der Waals surface area contributed by atoms with E-state index in [0.29, 0.717) is 17.1 Å². The van der Waals surface area contributed by atoms with Gasteiger partial charge in [0.25, 0.3) is 0 Å². The highest BCUT2D eigenvalue weighted by atomic mass is 35.5. The molecule has 0 aromatic heterocycles. The van der Waals surface area contributed by atoms with Gasteiger partial charge in [-0.05, 0) is 36.2 Å². The number of benzene rings is 3. The van der Waals surface area contributed by atoms with Gasteiger partial charge in [-0.3, -0.25) is 0 Å². The van der Waals surface area contributed by atoms with Crippen molar-refractivity contribution in [2.24, 2.45) is 0 Å². The summed E-state index contributed by atoms with van der Waals surface area (Å²) in [6.45, 7) is 3.76. The van der Waals surface area contributed by atoms with E-state index in [1.807, 2.05) is 18.2 Å². The molecular weight excluding hydrogens is 377 g/mol. The van der Waals surface area contributed by atoms with Crippen LogP contribution >= 0.6 is 12.4 Å². The zero-order valence-electron chi connectivity index (χ0n) is 16.1. The fraction of sp³-hybridized carbons (Fsp3) is 0.217.